The van der Waals surface area contributed by atoms with Crippen molar-refractivity contribution >= 4 is 22.6 Å². The minimum absolute atomic E-state index is 0.277. The lowest BCUT2D eigenvalue weighted by atomic mass is 9.99. The van der Waals surface area contributed by atoms with Crippen molar-refractivity contribution in [1.82, 2.24) is 9.55 Å². The number of hydrogen-bond acceptors (Lipinski definition) is 3. The molecule has 0 aliphatic rings. The number of fused-ring (bicyclic) bond motifs is 1. The second-order valence-electron chi connectivity index (χ2n) is 5.82. The van der Waals surface area contributed by atoms with Gasteiger partial charge in [-0.3, -0.25) is 4.79 Å². The first kappa shape index (κ1) is 14.4. The minimum Gasteiger partial charge on any atom is -0.399 e. The summed E-state index contributed by atoms with van der Waals surface area (Å²) in [7, 11) is 0. The van der Waals surface area contributed by atoms with E-state index in [-0.39, 0.29) is 12.3 Å². The molecule has 0 aliphatic heterocycles. The lowest BCUT2D eigenvalue weighted by Gasteiger charge is -2.28. The molecule has 0 aliphatic carbocycles. The molecule has 108 valence electrons. The normalized spacial score (nSPS) is 11.9. The van der Waals surface area contributed by atoms with E-state index in [0.29, 0.717) is 5.69 Å². The van der Waals surface area contributed by atoms with Gasteiger partial charge in [0.25, 0.3) is 0 Å². The van der Waals surface area contributed by atoms with E-state index in [2.05, 4.69) is 16.5 Å². The molecule has 1 aromatic heterocycles. The number of anilines is 1. The lowest BCUT2D eigenvalue weighted by molar-refractivity contribution is -0.119. The Labute approximate surface area is 119 Å². The third kappa shape index (κ3) is 2.61. The minimum atomic E-state index is -0.402. The summed E-state index contributed by atoms with van der Waals surface area (Å²) in [6, 6.07) is 5.68. The third-order valence-corrected chi connectivity index (χ3v) is 3.43. The number of nitrogen functional groups attached to an aromatic ring is 1. The molecule has 0 saturated carbocycles. The smallest absolute Gasteiger partial charge is 0.219 e. The van der Waals surface area contributed by atoms with Crippen molar-refractivity contribution in [2.24, 2.45) is 5.73 Å². The van der Waals surface area contributed by atoms with Crippen LogP contribution in [0, 0.1) is 0 Å². The molecule has 0 unspecified atom stereocenters. The molecule has 20 heavy (non-hydrogen) atoms. The van der Waals surface area contributed by atoms with E-state index in [1.807, 2.05) is 32.0 Å². The molecule has 0 saturated heterocycles. The summed E-state index contributed by atoms with van der Waals surface area (Å²) in [6.07, 6.45) is 2.13. The number of aromatic nitrogens is 2. The maximum atomic E-state index is 11.3. The first-order chi connectivity index (χ1) is 9.35. The molecule has 2 rings (SSSR count). The average Bonchev–Trinajstić information content (AvgIpc) is 2.65. The van der Waals surface area contributed by atoms with Crippen LogP contribution in [0.2, 0.25) is 0 Å². The van der Waals surface area contributed by atoms with Crippen molar-refractivity contribution in [3.05, 3.63) is 24.0 Å². The van der Waals surface area contributed by atoms with Gasteiger partial charge < -0.3 is 16.0 Å². The van der Waals surface area contributed by atoms with E-state index >= 15 is 0 Å². The zero-order chi connectivity index (χ0) is 14.9. The van der Waals surface area contributed by atoms with Crippen LogP contribution >= 0.6 is 0 Å². The molecule has 4 N–H and O–H groups in total. The highest BCUT2D eigenvalue weighted by Crippen LogP contribution is 2.29. The molecule has 0 atom stereocenters. The molecule has 2 aromatic rings. The number of imidazole rings is 1. The molecule has 0 fully saturated rings. The number of amides is 1. The molecule has 5 heteroatoms. The van der Waals surface area contributed by atoms with E-state index in [1.165, 1.54) is 0 Å². The Hall–Kier alpha value is -2.04. The van der Waals surface area contributed by atoms with Crippen LogP contribution in [0.3, 0.4) is 0 Å². The van der Waals surface area contributed by atoms with E-state index in [0.717, 1.165) is 29.7 Å². The third-order valence-electron chi connectivity index (χ3n) is 3.43. The number of aryl methyl sites for hydroxylation is 1. The van der Waals surface area contributed by atoms with Crippen LogP contribution in [0.4, 0.5) is 5.69 Å². The van der Waals surface area contributed by atoms with E-state index in [1.54, 1.807) is 0 Å². The van der Waals surface area contributed by atoms with Gasteiger partial charge in [0.1, 0.15) is 5.82 Å². The van der Waals surface area contributed by atoms with Crippen LogP contribution in [0.25, 0.3) is 11.0 Å². The van der Waals surface area contributed by atoms with Gasteiger partial charge in [-0.15, -0.1) is 0 Å². The highest BCUT2D eigenvalue weighted by Gasteiger charge is 2.27. The molecule has 5 nitrogen and oxygen atoms in total. The number of hydrogen-bond donors (Lipinski definition) is 2. The van der Waals surface area contributed by atoms with Crippen LogP contribution in [0.15, 0.2) is 18.2 Å². The predicted molar refractivity (Wildman–Crippen MR) is 81.3 cm³/mol. The Bertz CT molecular complexity index is 643. The number of carbonyl (C=O) groups excluding carboxylic acids is 1. The van der Waals surface area contributed by atoms with Crippen LogP contribution in [-0.4, -0.2) is 15.5 Å². The molecule has 1 heterocycles. The Morgan fingerprint density at radius 2 is 2.10 bits per heavy atom. The highest BCUT2D eigenvalue weighted by molar-refractivity contribution is 5.81. The fourth-order valence-corrected chi connectivity index (χ4v) is 2.72. The zero-order valence-corrected chi connectivity index (χ0v) is 12.3. The second kappa shape index (κ2) is 5.15. The quantitative estimate of drug-likeness (QED) is 0.819. The standard InChI is InChI=1S/C15H22N4O/c1-4-5-14-18-11-8-10(16)6-7-12(11)19(14)15(2,3)9-13(17)20/h6-8H,4-5,9,16H2,1-3H3,(H2,17,20). The fourth-order valence-electron chi connectivity index (χ4n) is 2.72. The number of rotatable bonds is 5. The maximum Gasteiger partial charge on any atom is 0.219 e. The van der Waals surface area contributed by atoms with Crippen LogP contribution in [0.1, 0.15) is 39.4 Å². The number of benzene rings is 1. The lowest BCUT2D eigenvalue weighted by Crippen LogP contribution is -2.33. The number of carbonyl (C=O) groups is 1. The fraction of sp³-hybridized carbons (Fsp3) is 0.467. The zero-order valence-electron chi connectivity index (χ0n) is 12.3. The van der Waals surface area contributed by atoms with Gasteiger partial charge in [0.05, 0.1) is 11.0 Å². The van der Waals surface area contributed by atoms with Crippen molar-refractivity contribution < 1.29 is 4.79 Å². The van der Waals surface area contributed by atoms with Gasteiger partial charge >= 0.3 is 0 Å². The summed E-state index contributed by atoms with van der Waals surface area (Å²) in [6.45, 7) is 6.13. The van der Waals surface area contributed by atoms with Gasteiger partial charge in [-0.05, 0) is 38.5 Å². The van der Waals surface area contributed by atoms with Gasteiger partial charge in [0, 0.05) is 24.1 Å². The Kier molecular flexibility index (Phi) is 3.70. The van der Waals surface area contributed by atoms with Gasteiger partial charge in [0.15, 0.2) is 0 Å². The summed E-state index contributed by atoms with van der Waals surface area (Å²) in [5.74, 6) is 0.661. The van der Waals surface area contributed by atoms with Crippen molar-refractivity contribution in [3.63, 3.8) is 0 Å². The largest absolute Gasteiger partial charge is 0.399 e. The SMILES string of the molecule is CCCc1nc2cc(N)ccc2n1C(C)(C)CC(N)=O. The van der Waals surface area contributed by atoms with Crippen molar-refractivity contribution in [1.29, 1.82) is 0 Å². The summed E-state index contributed by atoms with van der Waals surface area (Å²) in [4.78, 5) is 16.0. The number of primary amides is 1. The summed E-state index contributed by atoms with van der Waals surface area (Å²) in [5, 5.41) is 0. The first-order valence-corrected chi connectivity index (χ1v) is 6.91. The molecule has 1 aromatic carbocycles. The molecule has 0 radical (unpaired) electrons. The van der Waals surface area contributed by atoms with Crippen LogP contribution < -0.4 is 11.5 Å². The van der Waals surface area contributed by atoms with Gasteiger partial charge in [-0.2, -0.15) is 0 Å². The maximum absolute atomic E-state index is 11.3. The highest BCUT2D eigenvalue weighted by atomic mass is 16.1. The second-order valence-corrected chi connectivity index (χ2v) is 5.82. The first-order valence-electron chi connectivity index (χ1n) is 6.91. The molecule has 1 amide bonds. The number of nitrogens with zero attached hydrogens (tertiary/aromatic N) is 2. The molecular weight excluding hydrogens is 252 g/mol. The Morgan fingerprint density at radius 3 is 2.70 bits per heavy atom. The summed E-state index contributed by atoms with van der Waals surface area (Å²) >= 11 is 0. The van der Waals surface area contributed by atoms with Gasteiger partial charge in [-0.1, -0.05) is 6.92 Å². The van der Waals surface area contributed by atoms with E-state index in [9.17, 15) is 4.79 Å². The number of nitrogens with two attached hydrogens (primary N) is 2. The van der Waals surface area contributed by atoms with Crippen LogP contribution in [-0.2, 0) is 16.8 Å². The average molecular weight is 274 g/mol. The van der Waals surface area contributed by atoms with Crippen molar-refractivity contribution in [2.45, 2.75) is 45.6 Å². The molecular formula is C15H22N4O. The van der Waals surface area contributed by atoms with Crippen molar-refractivity contribution in [2.75, 3.05) is 5.73 Å². The Morgan fingerprint density at radius 1 is 1.40 bits per heavy atom. The van der Waals surface area contributed by atoms with Gasteiger partial charge in [0.2, 0.25) is 5.91 Å². The molecule has 0 spiro atoms. The van der Waals surface area contributed by atoms with E-state index < -0.39 is 5.54 Å². The predicted octanol–water partition coefficient (Wildman–Crippen LogP) is 2.18. The monoisotopic (exact) mass is 274 g/mol. The van der Waals surface area contributed by atoms with Crippen molar-refractivity contribution in [3.8, 4) is 0 Å². The topological polar surface area (TPSA) is 86.9 Å². The molecule has 0 bridgehead atoms. The van der Waals surface area contributed by atoms with Gasteiger partial charge in [-0.25, -0.2) is 4.98 Å². The summed E-state index contributed by atoms with van der Waals surface area (Å²) in [5.41, 5.74) is 13.4. The van der Waals surface area contributed by atoms with E-state index in [4.69, 9.17) is 11.5 Å². The summed E-state index contributed by atoms with van der Waals surface area (Å²) < 4.78 is 2.12. The van der Waals surface area contributed by atoms with Crippen LogP contribution in [0.5, 0.6) is 0 Å². The Balaban J connectivity index is 2.64.